The lowest BCUT2D eigenvalue weighted by molar-refractivity contribution is 0.0705. The average Bonchev–Trinajstić information content (AvgIpc) is 3.13. The van der Waals surface area contributed by atoms with Gasteiger partial charge in [-0.3, -0.25) is 0 Å². The van der Waals surface area contributed by atoms with E-state index in [4.69, 9.17) is 24.2 Å². The molecule has 0 fully saturated rings. The lowest BCUT2D eigenvalue weighted by Crippen LogP contribution is -2.17. The van der Waals surface area contributed by atoms with E-state index in [-0.39, 0.29) is 18.6 Å². The summed E-state index contributed by atoms with van der Waals surface area (Å²) in [7, 11) is 1.56. The second kappa shape index (κ2) is 8.96. The van der Waals surface area contributed by atoms with E-state index in [9.17, 15) is 4.79 Å². The van der Waals surface area contributed by atoms with Crippen LogP contribution < -0.4 is 9.47 Å². The number of hydrogen-bond donors (Lipinski definition) is 1. The molecule has 4 aromatic rings. The molecule has 0 radical (unpaired) electrons. The summed E-state index contributed by atoms with van der Waals surface area (Å²) in [6.45, 7) is 3.65. The lowest BCUT2D eigenvalue weighted by Gasteiger charge is -2.12. The first-order valence-electron chi connectivity index (χ1n) is 9.97. The number of ether oxygens (including phenoxy) is 4. The molecule has 4 rings (SSSR count). The second-order valence-corrected chi connectivity index (χ2v) is 7.36. The van der Waals surface area contributed by atoms with Crippen LogP contribution in [0.1, 0.15) is 25.0 Å². The van der Waals surface area contributed by atoms with Gasteiger partial charge in [0.2, 0.25) is 5.88 Å². The highest BCUT2D eigenvalue weighted by atomic mass is 16.7. The maximum absolute atomic E-state index is 12.1. The molecule has 0 aliphatic carbocycles. The van der Waals surface area contributed by atoms with Gasteiger partial charge in [0.1, 0.15) is 11.5 Å². The standard InChI is InChI=1S/C24H21N3O5/c1-14(2)30-24(28)32-23-19(13-29-3)22-18-10-17(7-8-20(18)27-21(22)12-26-23)31-16-6-4-5-15(9-16)11-25/h4-10,12,14,27H,13H2,1-3H3. The maximum atomic E-state index is 12.1. The molecule has 2 aromatic heterocycles. The third-order valence-corrected chi connectivity index (χ3v) is 4.67. The number of aromatic nitrogens is 2. The average molecular weight is 431 g/mol. The van der Waals surface area contributed by atoms with E-state index in [0.717, 1.165) is 21.8 Å². The molecule has 0 saturated carbocycles. The van der Waals surface area contributed by atoms with Gasteiger partial charge < -0.3 is 23.9 Å². The van der Waals surface area contributed by atoms with E-state index in [1.165, 1.54) is 0 Å². The summed E-state index contributed by atoms with van der Waals surface area (Å²) < 4.78 is 21.8. The highest BCUT2D eigenvalue weighted by molar-refractivity contribution is 6.09. The SMILES string of the molecule is COCc1c(OC(=O)OC(C)C)ncc2[nH]c3ccc(Oc4cccc(C#N)c4)cc3c12. The van der Waals surface area contributed by atoms with Crippen LogP contribution in [0.5, 0.6) is 17.4 Å². The van der Waals surface area contributed by atoms with Gasteiger partial charge in [0.15, 0.2) is 0 Å². The van der Waals surface area contributed by atoms with E-state index in [1.807, 2.05) is 18.2 Å². The van der Waals surface area contributed by atoms with Crippen molar-refractivity contribution in [3.05, 3.63) is 59.8 Å². The third kappa shape index (κ3) is 4.33. The first-order valence-corrected chi connectivity index (χ1v) is 9.97. The van der Waals surface area contributed by atoms with Crippen LogP contribution in [-0.4, -0.2) is 29.3 Å². The first-order chi connectivity index (χ1) is 15.5. The van der Waals surface area contributed by atoms with Gasteiger partial charge in [0.25, 0.3) is 0 Å². The number of fused-ring (bicyclic) bond motifs is 3. The summed E-state index contributed by atoms with van der Waals surface area (Å²) in [6.07, 6.45) is 0.457. The fourth-order valence-electron chi connectivity index (χ4n) is 3.41. The van der Waals surface area contributed by atoms with Crippen LogP contribution in [0, 0.1) is 11.3 Å². The van der Waals surface area contributed by atoms with Crippen molar-refractivity contribution in [2.45, 2.75) is 26.6 Å². The first kappa shape index (κ1) is 21.2. The van der Waals surface area contributed by atoms with E-state index in [2.05, 4.69) is 16.0 Å². The largest absolute Gasteiger partial charge is 0.515 e. The molecule has 0 aliphatic heterocycles. The lowest BCUT2D eigenvalue weighted by atomic mass is 10.1. The highest BCUT2D eigenvalue weighted by Gasteiger charge is 2.19. The summed E-state index contributed by atoms with van der Waals surface area (Å²) >= 11 is 0. The fourth-order valence-corrected chi connectivity index (χ4v) is 3.41. The molecular weight excluding hydrogens is 410 g/mol. The molecule has 8 heteroatoms. The normalized spacial score (nSPS) is 11.0. The van der Waals surface area contributed by atoms with Crippen molar-refractivity contribution in [1.82, 2.24) is 9.97 Å². The van der Waals surface area contributed by atoms with E-state index < -0.39 is 6.16 Å². The zero-order chi connectivity index (χ0) is 22.7. The third-order valence-electron chi connectivity index (χ3n) is 4.67. The fraction of sp³-hybridized carbons (Fsp3) is 0.208. The zero-order valence-corrected chi connectivity index (χ0v) is 17.8. The minimum Gasteiger partial charge on any atom is -0.457 e. The molecule has 32 heavy (non-hydrogen) atoms. The quantitative estimate of drug-likeness (QED) is 0.405. The Kier molecular flexibility index (Phi) is 5.92. The highest BCUT2D eigenvalue weighted by Crippen LogP contribution is 2.36. The number of carbonyl (C=O) groups is 1. The Morgan fingerprint density at radius 2 is 1.97 bits per heavy atom. The molecule has 0 amide bonds. The smallest absolute Gasteiger partial charge is 0.457 e. The summed E-state index contributed by atoms with van der Waals surface area (Å²) in [5.74, 6) is 1.27. The number of nitriles is 1. The minimum absolute atomic E-state index is 0.124. The molecule has 8 nitrogen and oxygen atoms in total. The zero-order valence-electron chi connectivity index (χ0n) is 17.8. The Morgan fingerprint density at radius 3 is 2.72 bits per heavy atom. The Labute approximate surface area is 184 Å². The van der Waals surface area contributed by atoms with Crippen LogP contribution in [0.15, 0.2) is 48.7 Å². The maximum Gasteiger partial charge on any atom is 0.515 e. The number of nitrogens with one attached hydrogen (secondary N) is 1. The van der Waals surface area contributed by atoms with Gasteiger partial charge in [-0.05, 0) is 50.2 Å². The molecule has 162 valence electrons. The number of aromatic amines is 1. The van der Waals surface area contributed by atoms with Crippen molar-refractivity contribution in [2.75, 3.05) is 7.11 Å². The van der Waals surface area contributed by atoms with Crippen molar-refractivity contribution in [3.8, 4) is 23.4 Å². The number of pyridine rings is 1. The van der Waals surface area contributed by atoms with Crippen molar-refractivity contribution in [1.29, 1.82) is 5.26 Å². The molecule has 0 unspecified atom stereocenters. The van der Waals surface area contributed by atoms with Crippen LogP contribution in [0.2, 0.25) is 0 Å². The Balaban J connectivity index is 1.78. The predicted octanol–water partition coefficient (Wildman–Crippen LogP) is 5.45. The Hall–Kier alpha value is -4.09. The number of H-pyrrole nitrogens is 1. The van der Waals surface area contributed by atoms with Gasteiger partial charge >= 0.3 is 6.16 Å². The van der Waals surface area contributed by atoms with Gasteiger partial charge in [-0.1, -0.05) is 6.07 Å². The van der Waals surface area contributed by atoms with Crippen molar-refractivity contribution in [2.24, 2.45) is 0 Å². The monoisotopic (exact) mass is 431 g/mol. The number of rotatable bonds is 6. The van der Waals surface area contributed by atoms with Crippen molar-refractivity contribution in [3.63, 3.8) is 0 Å². The molecule has 0 bridgehead atoms. The topological polar surface area (TPSA) is 106 Å². The Morgan fingerprint density at radius 1 is 1.16 bits per heavy atom. The van der Waals surface area contributed by atoms with Crippen LogP contribution in [0.4, 0.5) is 4.79 Å². The van der Waals surface area contributed by atoms with E-state index in [0.29, 0.717) is 22.6 Å². The van der Waals surface area contributed by atoms with Gasteiger partial charge in [0, 0.05) is 23.4 Å². The van der Waals surface area contributed by atoms with E-state index in [1.54, 1.807) is 51.4 Å². The molecular formula is C24H21N3O5. The molecule has 2 aromatic carbocycles. The van der Waals surface area contributed by atoms with Crippen LogP contribution in [0.3, 0.4) is 0 Å². The predicted molar refractivity (Wildman–Crippen MR) is 118 cm³/mol. The summed E-state index contributed by atoms with van der Waals surface area (Å²) in [6, 6.07) is 14.6. The Bertz CT molecular complexity index is 1340. The summed E-state index contributed by atoms with van der Waals surface area (Å²) in [5, 5.41) is 10.8. The number of nitrogens with zero attached hydrogens (tertiary/aromatic N) is 2. The minimum atomic E-state index is -0.828. The summed E-state index contributed by atoms with van der Waals surface area (Å²) in [4.78, 5) is 19.6. The second-order valence-electron chi connectivity index (χ2n) is 7.36. The van der Waals surface area contributed by atoms with Gasteiger partial charge in [-0.2, -0.15) is 5.26 Å². The molecule has 0 atom stereocenters. The van der Waals surface area contributed by atoms with Gasteiger partial charge in [-0.25, -0.2) is 9.78 Å². The number of benzene rings is 2. The van der Waals surface area contributed by atoms with E-state index >= 15 is 0 Å². The van der Waals surface area contributed by atoms with Crippen LogP contribution >= 0.6 is 0 Å². The summed E-state index contributed by atoms with van der Waals surface area (Å²) in [5.41, 5.74) is 2.75. The molecule has 0 spiro atoms. The van der Waals surface area contributed by atoms with Gasteiger partial charge in [0.05, 0.1) is 41.6 Å². The molecule has 2 heterocycles. The van der Waals surface area contributed by atoms with Crippen LogP contribution in [0.25, 0.3) is 21.8 Å². The molecule has 0 aliphatic rings. The van der Waals surface area contributed by atoms with Crippen molar-refractivity contribution < 1.29 is 23.7 Å². The molecule has 0 saturated heterocycles. The number of carbonyl (C=O) groups excluding carboxylic acids is 1. The van der Waals surface area contributed by atoms with Crippen molar-refractivity contribution >= 4 is 28.0 Å². The van der Waals surface area contributed by atoms with Gasteiger partial charge in [-0.15, -0.1) is 0 Å². The number of methoxy groups -OCH3 is 1. The van der Waals surface area contributed by atoms with Crippen LogP contribution in [-0.2, 0) is 16.1 Å². The molecule has 1 N–H and O–H groups in total. The number of hydrogen-bond acceptors (Lipinski definition) is 7.